The average Bonchev–Trinajstić information content (AvgIpc) is 2.28. The second-order valence-corrected chi connectivity index (χ2v) is 5.39. The van der Waals surface area contributed by atoms with Gasteiger partial charge in [-0.15, -0.1) is 0 Å². The number of hydrogen-bond acceptors (Lipinski definition) is 3. The van der Waals surface area contributed by atoms with Crippen LogP contribution in [0, 0.1) is 0 Å². The first-order valence-electron chi connectivity index (χ1n) is 5.15. The smallest absolute Gasteiger partial charge is 0.356 e. The molecule has 1 aliphatic heterocycles. The lowest BCUT2D eigenvalue weighted by Gasteiger charge is -2.21. The van der Waals surface area contributed by atoms with Crippen LogP contribution in [0.25, 0.3) is 6.08 Å². The highest BCUT2D eigenvalue weighted by atomic mass is 31.2. The first kappa shape index (κ1) is 11.4. The number of para-hydroxylation sites is 1. The van der Waals surface area contributed by atoms with Crippen molar-refractivity contribution < 1.29 is 14.0 Å². The van der Waals surface area contributed by atoms with Crippen LogP contribution in [-0.2, 0) is 9.09 Å². The van der Waals surface area contributed by atoms with Gasteiger partial charge in [-0.1, -0.05) is 18.2 Å². The number of fused-ring (bicyclic) bond motifs is 1. The summed E-state index contributed by atoms with van der Waals surface area (Å²) in [6.07, 6.45) is 1.72. The number of anilines is 1. The standard InChI is InChI=1S/C11H14NO3P/c1-2-15-16(13,14)10-7-9-5-3-4-6-11(9)12-8-10/h3-7,12H,2,8H2,1H3,(H,13,14). The maximum Gasteiger partial charge on any atom is 0.356 e. The molecule has 0 aromatic heterocycles. The van der Waals surface area contributed by atoms with Crippen LogP contribution in [0.2, 0.25) is 0 Å². The Morgan fingerprint density at radius 2 is 2.25 bits per heavy atom. The molecule has 0 saturated heterocycles. The minimum atomic E-state index is -3.62. The van der Waals surface area contributed by atoms with Gasteiger partial charge in [-0.2, -0.15) is 0 Å². The third kappa shape index (κ3) is 2.19. The Labute approximate surface area is 94.5 Å². The van der Waals surface area contributed by atoms with Crippen molar-refractivity contribution in [1.29, 1.82) is 0 Å². The number of nitrogens with one attached hydrogen (secondary N) is 1. The molecule has 0 radical (unpaired) electrons. The van der Waals surface area contributed by atoms with Crippen molar-refractivity contribution in [2.75, 3.05) is 18.5 Å². The zero-order chi connectivity index (χ0) is 11.6. The highest BCUT2D eigenvalue weighted by Gasteiger charge is 2.27. The van der Waals surface area contributed by atoms with Gasteiger partial charge in [0.15, 0.2) is 0 Å². The lowest BCUT2D eigenvalue weighted by molar-refractivity contribution is 0.280. The highest BCUT2D eigenvalue weighted by Crippen LogP contribution is 2.52. The average molecular weight is 239 g/mol. The fraction of sp³-hybridized carbons (Fsp3) is 0.273. The maximum atomic E-state index is 11.8. The first-order chi connectivity index (χ1) is 7.63. The third-order valence-corrected chi connectivity index (χ3v) is 4.03. The molecule has 0 amide bonds. The number of hydrogen-bond donors (Lipinski definition) is 2. The molecule has 0 bridgehead atoms. The van der Waals surface area contributed by atoms with Crippen molar-refractivity contribution in [1.82, 2.24) is 0 Å². The molecule has 2 rings (SSSR count). The SMILES string of the molecule is CCOP(=O)(O)C1=Cc2ccccc2NC1. The molecule has 0 spiro atoms. The molecule has 1 unspecified atom stereocenters. The van der Waals surface area contributed by atoms with E-state index in [1.165, 1.54) is 0 Å². The topological polar surface area (TPSA) is 58.6 Å². The predicted molar refractivity (Wildman–Crippen MR) is 64.4 cm³/mol. The summed E-state index contributed by atoms with van der Waals surface area (Å²) in [5, 5.41) is 3.51. The lowest BCUT2D eigenvalue weighted by atomic mass is 10.1. The molecule has 1 heterocycles. The molecule has 1 aromatic rings. The quantitative estimate of drug-likeness (QED) is 0.796. The first-order valence-corrected chi connectivity index (χ1v) is 6.72. The normalized spacial score (nSPS) is 18.0. The minimum absolute atomic E-state index is 0.229. The molecule has 2 N–H and O–H groups in total. The summed E-state index contributed by atoms with van der Waals surface area (Å²) < 4.78 is 16.7. The van der Waals surface area contributed by atoms with Gasteiger partial charge in [0.25, 0.3) is 0 Å². The van der Waals surface area contributed by atoms with Crippen LogP contribution in [0.5, 0.6) is 0 Å². The van der Waals surface area contributed by atoms with Gasteiger partial charge in [0.05, 0.1) is 11.9 Å². The van der Waals surface area contributed by atoms with E-state index in [1.54, 1.807) is 13.0 Å². The van der Waals surface area contributed by atoms with E-state index >= 15 is 0 Å². The van der Waals surface area contributed by atoms with Gasteiger partial charge in [-0.25, -0.2) is 0 Å². The Morgan fingerprint density at radius 1 is 1.50 bits per heavy atom. The Hall–Kier alpha value is -1.09. The molecule has 5 heteroatoms. The van der Waals surface area contributed by atoms with Crippen LogP contribution in [0.4, 0.5) is 5.69 Å². The highest BCUT2D eigenvalue weighted by molar-refractivity contribution is 7.57. The summed E-state index contributed by atoms with van der Waals surface area (Å²) in [5.41, 5.74) is 1.89. The summed E-state index contributed by atoms with van der Waals surface area (Å²) in [4.78, 5) is 9.69. The zero-order valence-electron chi connectivity index (χ0n) is 9.01. The lowest BCUT2D eigenvalue weighted by Crippen LogP contribution is -2.11. The van der Waals surface area contributed by atoms with Gasteiger partial charge in [0.2, 0.25) is 0 Å². The van der Waals surface area contributed by atoms with E-state index in [1.807, 2.05) is 24.3 Å². The Morgan fingerprint density at radius 3 is 3.00 bits per heavy atom. The molecule has 86 valence electrons. The van der Waals surface area contributed by atoms with Crippen molar-refractivity contribution in [2.45, 2.75) is 6.92 Å². The van der Waals surface area contributed by atoms with Crippen LogP contribution in [-0.4, -0.2) is 18.0 Å². The van der Waals surface area contributed by atoms with Crippen molar-refractivity contribution in [3.63, 3.8) is 0 Å². The van der Waals surface area contributed by atoms with E-state index in [4.69, 9.17) is 4.52 Å². The second-order valence-electron chi connectivity index (χ2n) is 3.51. The fourth-order valence-electron chi connectivity index (χ4n) is 1.64. The zero-order valence-corrected chi connectivity index (χ0v) is 9.91. The van der Waals surface area contributed by atoms with Gasteiger partial charge < -0.3 is 14.7 Å². The summed E-state index contributed by atoms with van der Waals surface area (Å²) in [6, 6.07) is 7.65. The van der Waals surface area contributed by atoms with Crippen LogP contribution in [0.15, 0.2) is 29.6 Å². The van der Waals surface area contributed by atoms with Crippen molar-refractivity contribution in [3.8, 4) is 0 Å². The molecule has 16 heavy (non-hydrogen) atoms. The number of rotatable bonds is 3. The molecule has 4 nitrogen and oxygen atoms in total. The third-order valence-electron chi connectivity index (χ3n) is 2.41. The molecule has 1 aromatic carbocycles. The van der Waals surface area contributed by atoms with Crippen molar-refractivity contribution in [2.24, 2.45) is 0 Å². The molecule has 0 fully saturated rings. The molecular formula is C11H14NO3P. The summed E-state index contributed by atoms with van der Waals surface area (Å²) in [6.45, 7) is 2.28. The largest absolute Gasteiger partial charge is 0.380 e. The Balaban J connectivity index is 2.34. The van der Waals surface area contributed by atoms with Gasteiger partial charge in [-0.3, -0.25) is 4.57 Å². The van der Waals surface area contributed by atoms with Crippen LogP contribution < -0.4 is 5.32 Å². The summed E-state index contributed by atoms with van der Waals surface area (Å²) in [7, 11) is -3.62. The van der Waals surface area contributed by atoms with Crippen molar-refractivity contribution in [3.05, 3.63) is 35.1 Å². The maximum absolute atomic E-state index is 11.8. The predicted octanol–water partition coefficient (Wildman–Crippen LogP) is 2.67. The molecular weight excluding hydrogens is 225 g/mol. The second kappa shape index (κ2) is 4.42. The number of benzene rings is 1. The minimum Gasteiger partial charge on any atom is -0.380 e. The molecule has 0 saturated carbocycles. The molecule has 0 aliphatic carbocycles. The molecule has 1 atom stereocenters. The summed E-state index contributed by atoms with van der Waals surface area (Å²) >= 11 is 0. The monoisotopic (exact) mass is 239 g/mol. The van der Waals surface area contributed by atoms with Gasteiger partial charge in [0.1, 0.15) is 0 Å². The van der Waals surface area contributed by atoms with Crippen LogP contribution in [0.3, 0.4) is 0 Å². The fourth-order valence-corrected chi connectivity index (χ4v) is 2.74. The van der Waals surface area contributed by atoms with E-state index in [-0.39, 0.29) is 6.61 Å². The van der Waals surface area contributed by atoms with Crippen LogP contribution >= 0.6 is 7.60 Å². The van der Waals surface area contributed by atoms with E-state index < -0.39 is 7.60 Å². The summed E-state index contributed by atoms with van der Waals surface area (Å²) in [5.74, 6) is 0. The van der Waals surface area contributed by atoms with E-state index in [9.17, 15) is 9.46 Å². The van der Waals surface area contributed by atoms with Gasteiger partial charge >= 0.3 is 7.60 Å². The Bertz CT molecular complexity index is 470. The van der Waals surface area contributed by atoms with Gasteiger partial charge in [0, 0.05) is 12.2 Å². The van der Waals surface area contributed by atoms with Gasteiger partial charge in [-0.05, 0) is 24.6 Å². The van der Waals surface area contributed by atoms with Crippen molar-refractivity contribution >= 4 is 19.4 Å². The van der Waals surface area contributed by atoms with Crippen LogP contribution in [0.1, 0.15) is 12.5 Å². The van der Waals surface area contributed by atoms with E-state index in [2.05, 4.69) is 5.32 Å². The van der Waals surface area contributed by atoms with E-state index in [0.29, 0.717) is 11.9 Å². The molecule has 1 aliphatic rings. The Kier molecular flexibility index (Phi) is 3.15. The van der Waals surface area contributed by atoms with E-state index in [0.717, 1.165) is 11.3 Å².